The first kappa shape index (κ1) is 12.1. The fourth-order valence-corrected chi connectivity index (χ4v) is 3.90. The molecule has 4 heteroatoms. The number of hydrogen-bond acceptors (Lipinski definition) is 3. The van der Waals surface area contributed by atoms with Gasteiger partial charge in [0.25, 0.3) is 0 Å². The van der Waals surface area contributed by atoms with Gasteiger partial charge in [0.15, 0.2) is 4.96 Å². The Balaban J connectivity index is 1.49. The summed E-state index contributed by atoms with van der Waals surface area (Å²) in [6, 6.07) is 8.89. The molecule has 1 aromatic carbocycles. The third-order valence-corrected chi connectivity index (χ3v) is 5.05. The fourth-order valence-electron chi connectivity index (χ4n) is 3.18. The minimum Gasteiger partial charge on any atom is -0.327 e. The van der Waals surface area contributed by atoms with E-state index in [0.29, 0.717) is 5.92 Å². The average Bonchev–Trinajstić information content (AvgIpc) is 3.10. The van der Waals surface area contributed by atoms with Crippen molar-refractivity contribution in [2.75, 3.05) is 0 Å². The van der Waals surface area contributed by atoms with Crippen LogP contribution in [-0.4, -0.2) is 15.4 Å². The Morgan fingerprint density at radius 2 is 2.05 bits per heavy atom. The Morgan fingerprint density at radius 3 is 2.75 bits per heavy atom. The number of imidazole rings is 1. The number of benzene rings is 1. The maximum atomic E-state index is 6.44. The molecule has 0 spiro atoms. The van der Waals surface area contributed by atoms with Gasteiger partial charge in [0.05, 0.1) is 5.69 Å². The van der Waals surface area contributed by atoms with Crippen LogP contribution < -0.4 is 5.73 Å². The zero-order valence-corrected chi connectivity index (χ0v) is 12.0. The first-order chi connectivity index (χ1) is 9.79. The SMILES string of the molecule is NC(Cc1cn2ccsc2n1)C1Cc2ccccc2C1. The second-order valence-electron chi connectivity index (χ2n) is 5.63. The zero-order chi connectivity index (χ0) is 13.5. The lowest BCUT2D eigenvalue weighted by molar-refractivity contribution is 0.434. The van der Waals surface area contributed by atoms with E-state index in [4.69, 9.17) is 5.73 Å². The van der Waals surface area contributed by atoms with E-state index in [2.05, 4.69) is 45.2 Å². The molecule has 2 heterocycles. The molecule has 0 bridgehead atoms. The van der Waals surface area contributed by atoms with Crippen LogP contribution in [0.5, 0.6) is 0 Å². The topological polar surface area (TPSA) is 43.3 Å². The molecule has 20 heavy (non-hydrogen) atoms. The molecule has 2 N–H and O–H groups in total. The molecule has 1 aliphatic rings. The fraction of sp³-hybridized carbons (Fsp3) is 0.312. The van der Waals surface area contributed by atoms with E-state index < -0.39 is 0 Å². The van der Waals surface area contributed by atoms with E-state index in [1.807, 2.05) is 6.20 Å². The standard InChI is InChI=1S/C16H17N3S/c17-15(9-14-10-19-5-6-20-16(19)18-14)13-7-11-3-1-2-4-12(11)8-13/h1-6,10,13,15H,7-9,17H2. The van der Waals surface area contributed by atoms with Gasteiger partial charge in [-0.25, -0.2) is 4.98 Å². The van der Waals surface area contributed by atoms with E-state index >= 15 is 0 Å². The largest absolute Gasteiger partial charge is 0.327 e. The molecule has 3 aromatic rings. The van der Waals surface area contributed by atoms with E-state index in [-0.39, 0.29) is 6.04 Å². The molecular weight excluding hydrogens is 266 g/mol. The summed E-state index contributed by atoms with van der Waals surface area (Å²) in [4.78, 5) is 5.69. The first-order valence-electron chi connectivity index (χ1n) is 7.03. The lowest BCUT2D eigenvalue weighted by Crippen LogP contribution is -2.32. The van der Waals surface area contributed by atoms with Crippen LogP contribution in [0.4, 0.5) is 0 Å². The van der Waals surface area contributed by atoms with Gasteiger partial charge in [0.1, 0.15) is 0 Å². The van der Waals surface area contributed by atoms with Crippen LogP contribution >= 0.6 is 11.3 Å². The van der Waals surface area contributed by atoms with Crippen LogP contribution in [0.3, 0.4) is 0 Å². The average molecular weight is 283 g/mol. The van der Waals surface area contributed by atoms with Crippen molar-refractivity contribution in [3.8, 4) is 0 Å². The van der Waals surface area contributed by atoms with Gasteiger partial charge in [0.2, 0.25) is 0 Å². The van der Waals surface area contributed by atoms with Gasteiger partial charge in [-0.05, 0) is 29.9 Å². The van der Waals surface area contributed by atoms with Crippen LogP contribution in [0.25, 0.3) is 4.96 Å². The highest BCUT2D eigenvalue weighted by molar-refractivity contribution is 7.15. The Labute approximate surface area is 122 Å². The van der Waals surface area contributed by atoms with E-state index in [0.717, 1.165) is 29.9 Å². The van der Waals surface area contributed by atoms with Gasteiger partial charge in [0, 0.05) is 30.2 Å². The summed E-state index contributed by atoms with van der Waals surface area (Å²) in [6.07, 6.45) is 7.24. The maximum Gasteiger partial charge on any atom is 0.193 e. The number of hydrogen-bond donors (Lipinski definition) is 1. The highest BCUT2D eigenvalue weighted by Gasteiger charge is 2.26. The van der Waals surface area contributed by atoms with Gasteiger partial charge < -0.3 is 5.73 Å². The van der Waals surface area contributed by atoms with Gasteiger partial charge >= 0.3 is 0 Å². The smallest absolute Gasteiger partial charge is 0.193 e. The molecule has 0 saturated carbocycles. The van der Waals surface area contributed by atoms with Gasteiger partial charge in [-0.15, -0.1) is 11.3 Å². The van der Waals surface area contributed by atoms with Gasteiger partial charge in [-0.1, -0.05) is 24.3 Å². The Bertz CT molecular complexity index is 689. The Hall–Kier alpha value is -1.65. The molecule has 0 radical (unpaired) electrons. The molecule has 0 aliphatic heterocycles. The van der Waals surface area contributed by atoms with E-state index in [1.165, 1.54) is 11.1 Å². The maximum absolute atomic E-state index is 6.44. The van der Waals surface area contributed by atoms with Crippen molar-refractivity contribution in [1.82, 2.24) is 9.38 Å². The lowest BCUT2D eigenvalue weighted by Gasteiger charge is -2.17. The quantitative estimate of drug-likeness (QED) is 0.803. The number of fused-ring (bicyclic) bond motifs is 2. The van der Waals surface area contributed by atoms with Crippen molar-refractivity contribution >= 4 is 16.3 Å². The van der Waals surface area contributed by atoms with Gasteiger partial charge in [-0.2, -0.15) is 0 Å². The van der Waals surface area contributed by atoms with Crippen LogP contribution in [0.15, 0.2) is 42.0 Å². The van der Waals surface area contributed by atoms with Crippen LogP contribution in [-0.2, 0) is 19.3 Å². The molecule has 102 valence electrons. The summed E-state index contributed by atoms with van der Waals surface area (Å²) >= 11 is 1.67. The van der Waals surface area contributed by atoms with Crippen LogP contribution in [0.2, 0.25) is 0 Å². The third-order valence-electron chi connectivity index (χ3n) is 4.28. The first-order valence-corrected chi connectivity index (χ1v) is 7.91. The predicted octanol–water partition coefficient (Wildman–Crippen LogP) is 2.68. The molecule has 0 amide bonds. The summed E-state index contributed by atoms with van der Waals surface area (Å²) in [5.41, 5.74) is 10.5. The molecule has 4 rings (SSSR count). The van der Waals surface area contributed by atoms with E-state index in [1.54, 1.807) is 11.3 Å². The van der Waals surface area contributed by atoms with Crippen LogP contribution in [0, 0.1) is 5.92 Å². The summed E-state index contributed by atoms with van der Waals surface area (Å²) in [5.74, 6) is 0.548. The minimum atomic E-state index is 0.187. The molecule has 2 aromatic heterocycles. The van der Waals surface area contributed by atoms with Crippen molar-refractivity contribution in [2.24, 2.45) is 11.7 Å². The number of aromatic nitrogens is 2. The second kappa shape index (κ2) is 4.72. The van der Waals surface area contributed by atoms with Crippen molar-refractivity contribution in [2.45, 2.75) is 25.3 Å². The van der Waals surface area contributed by atoms with Crippen LogP contribution in [0.1, 0.15) is 16.8 Å². The zero-order valence-electron chi connectivity index (χ0n) is 11.2. The predicted molar refractivity (Wildman–Crippen MR) is 82.1 cm³/mol. The summed E-state index contributed by atoms with van der Waals surface area (Å²) in [6.45, 7) is 0. The summed E-state index contributed by atoms with van der Waals surface area (Å²) < 4.78 is 2.08. The number of nitrogens with zero attached hydrogens (tertiary/aromatic N) is 2. The summed E-state index contributed by atoms with van der Waals surface area (Å²) in [7, 11) is 0. The van der Waals surface area contributed by atoms with Gasteiger partial charge in [-0.3, -0.25) is 4.40 Å². The highest BCUT2D eigenvalue weighted by Crippen LogP contribution is 2.29. The number of nitrogens with two attached hydrogens (primary N) is 1. The third kappa shape index (κ3) is 2.05. The molecule has 1 aliphatic carbocycles. The molecule has 3 nitrogen and oxygen atoms in total. The van der Waals surface area contributed by atoms with Crippen molar-refractivity contribution < 1.29 is 0 Å². The number of thiazole rings is 1. The van der Waals surface area contributed by atoms with Crippen molar-refractivity contribution in [3.05, 3.63) is 58.9 Å². The van der Waals surface area contributed by atoms with E-state index in [9.17, 15) is 0 Å². The Kier molecular flexibility index (Phi) is 2.86. The second-order valence-corrected chi connectivity index (χ2v) is 6.50. The minimum absolute atomic E-state index is 0.187. The molecule has 0 saturated heterocycles. The molecule has 0 fully saturated rings. The summed E-state index contributed by atoms with van der Waals surface area (Å²) in [5, 5.41) is 2.06. The lowest BCUT2D eigenvalue weighted by atomic mass is 9.94. The molecular formula is C16H17N3S. The Morgan fingerprint density at radius 1 is 1.30 bits per heavy atom. The highest BCUT2D eigenvalue weighted by atomic mass is 32.1. The molecule has 1 atom stereocenters. The molecule has 1 unspecified atom stereocenters. The number of rotatable bonds is 3. The van der Waals surface area contributed by atoms with Crippen molar-refractivity contribution in [3.63, 3.8) is 0 Å². The van der Waals surface area contributed by atoms with Crippen molar-refractivity contribution in [1.29, 1.82) is 0 Å². The monoisotopic (exact) mass is 283 g/mol. The normalized spacial score (nSPS) is 16.6.